The topological polar surface area (TPSA) is 51.0 Å². The molecule has 2 aromatic carbocycles. The van der Waals surface area contributed by atoms with Crippen molar-refractivity contribution in [3.05, 3.63) is 71.2 Å². The van der Waals surface area contributed by atoms with Crippen molar-refractivity contribution in [3.63, 3.8) is 0 Å². The maximum Gasteiger partial charge on any atom is 0.253 e. The van der Waals surface area contributed by atoms with E-state index in [1.807, 2.05) is 60.7 Å². The molecule has 5 nitrogen and oxygen atoms in total. The fourth-order valence-electron chi connectivity index (χ4n) is 2.19. The number of carbonyl (C=O) groups is 1. The van der Waals surface area contributed by atoms with Gasteiger partial charge < -0.3 is 0 Å². The van der Waals surface area contributed by atoms with Gasteiger partial charge in [0.15, 0.2) is 0 Å². The second-order valence-electron chi connectivity index (χ2n) is 4.71. The lowest BCUT2D eigenvalue weighted by Crippen LogP contribution is -2.30. The van der Waals surface area contributed by atoms with Gasteiger partial charge in [-0.25, -0.2) is 4.68 Å². The fraction of sp³-hybridized carbons (Fsp3) is 0.0625. The van der Waals surface area contributed by atoms with Crippen LogP contribution < -0.4 is 4.90 Å². The Hall–Kier alpha value is -2.37. The maximum atomic E-state index is 12.8. The van der Waals surface area contributed by atoms with E-state index in [-0.39, 0.29) is 23.0 Å². The van der Waals surface area contributed by atoms with Crippen molar-refractivity contribution in [1.82, 2.24) is 14.8 Å². The number of halogens is 2. The van der Waals surface area contributed by atoms with Crippen molar-refractivity contribution in [3.8, 4) is 0 Å². The molecule has 23 heavy (non-hydrogen) atoms. The van der Waals surface area contributed by atoms with Crippen LogP contribution in [0.4, 0.5) is 11.4 Å². The van der Waals surface area contributed by atoms with E-state index in [9.17, 15) is 4.79 Å². The Labute approximate surface area is 143 Å². The molecular formula is C16H12Cl2N4O. The summed E-state index contributed by atoms with van der Waals surface area (Å²) in [5.74, 6) is -0.203. The van der Waals surface area contributed by atoms with Crippen molar-refractivity contribution in [2.24, 2.45) is 0 Å². The molecule has 0 aliphatic carbocycles. The maximum absolute atomic E-state index is 12.8. The monoisotopic (exact) mass is 346 g/mol. The van der Waals surface area contributed by atoms with Gasteiger partial charge in [-0.3, -0.25) is 9.69 Å². The number of aromatic nitrogens is 3. The Balaban J connectivity index is 1.95. The van der Waals surface area contributed by atoms with Gasteiger partial charge in [0.05, 0.1) is 0 Å². The van der Waals surface area contributed by atoms with Crippen LogP contribution in [0, 0.1) is 0 Å². The van der Waals surface area contributed by atoms with E-state index in [2.05, 4.69) is 10.1 Å². The largest absolute Gasteiger partial charge is 0.279 e. The Morgan fingerprint density at radius 1 is 0.957 bits per heavy atom. The van der Waals surface area contributed by atoms with E-state index < -0.39 is 0 Å². The van der Waals surface area contributed by atoms with Crippen LogP contribution in [0.3, 0.4) is 0 Å². The molecule has 0 atom stereocenters. The first-order valence-electron chi connectivity index (χ1n) is 6.84. The summed E-state index contributed by atoms with van der Waals surface area (Å²) in [5.41, 5.74) is 1.51. The Bertz CT molecular complexity index is 766. The highest BCUT2D eigenvalue weighted by molar-refractivity contribution is 6.31. The van der Waals surface area contributed by atoms with E-state index in [0.717, 1.165) is 11.4 Å². The van der Waals surface area contributed by atoms with Crippen LogP contribution in [0.25, 0.3) is 0 Å². The third-order valence-corrected chi connectivity index (χ3v) is 3.60. The van der Waals surface area contributed by atoms with Crippen LogP contribution in [0.15, 0.2) is 60.7 Å². The predicted molar refractivity (Wildman–Crippen MR) is 90.1 cm³/mol. The molecule has 0 fully saturated rings. The molecule has 1 heterocycles. The molecule has 1 amide bonds. The van der Waals surface area contributed by atoms with Gasteiger partial charge in [-0.05, 0) is 47.5 Å². The Kier molecular flexibility index (Phi) is 4.60. The number of anilines is 2. The molecule has 0 aliphatic rings. The number of rotatable bonds is 4. The minimum Gasteiger partial charge on any atom is -0.279 e. The van der Waals surface area contributed by atoms with Gasteiger partial charge in [0.1, 0.15) is 6.54 Å². The number of benzene rings is 2. The lowest BCUT2D eigenvalue weighted by molar-refractivity contribution is -0.118. The molecule has 3 rings (SSSR count). The zero-order chi connectivity index (χ0) is 16.2. The molecular weight excluding hydrogens is 335 g/mol. The molecule has 0 aliphatic heterocycles. The zero-order valence-electron chi connectivity index (χ0n) is 11.9. The number of hydrogen-bond acceptors (Lipinski definition) is 3. The third-order valence-electron chi connectivity index (χ3n) is 3.16. The van der Waals surface area contributed by atoms with Crippen molar-refractivity contribution in [2.45, 2.75) is 6.54 Å². The standard InChI is InChI=1S/C16H12Cl2N4O/c17-15-19-16(18)21(20-15)11-14(23)22(12-7-3-1-4-8-12)13-9-5-2-6-10-13/h1-10H,11H2. The summed E-state index contributed by atoms with van der Waals surface area (Å²) in [6.07, 6.45) is 0. The SMILES string of the molecule is O=C(Cn1nc(Cl)nc1Cl)N(c1ccccc1)c1ccccc1. The van der Waals surface area contributed by atoms with Crippen LogP contribution in [-0.2, 0) is 11.3 Å². The molecule has 0 saturated carbocycles. The van der Waals surface area contributed by atoms with Gasteiger partial charge in [0.25, 0.3) is 5.91 Å². The summed E-state index contributed by atoms with van der Waals surface area (Å²) in [7, 11) is 0. The molecule has 7 heteroatoms. The zero-order valence-corrected chi connectivity index (χ0v) is 13.4. The van der Waals surface area contributed by atoms with Gasteiger partial charge in [0, 0.05) is 11.4 Å². The van der Waals surface area contributed by atoms with Crippen molar-refractivity contribution < 1.29 is 4.79 Å². The number of hydrogen-bond donors (Lipinski definition) is 0. The van der Waals surface area contributed by atoms with Crippen LogP contribution >= 0.6 is 23.2 Å². The van der Waals surface area contributed by atoms with Crippen LogP contribution in [0.2, 0.25) is 10.6 Å². The Morgan fingerprint density at radius 2 is 1.48 bits per heavy atom. The number of nitrogens with zero attached hydrogens (tertiary/aromatic N) is 4. The van der Waals surface area contributed by atoms with E-state index in [4.69, 9.17) is 23.2 Å². The van der Waals surface area contributed by atoms with Crippen LogP contribution in [-0.4, -0.2) is 20.7 Å². The number of carbonyl (C=O) groups excluding carboxylic acids is 1. The molecule has 0 N–H and O–H groups in total. The second kappa shape index (κ2) is 6.81. The summed E-state index contributed by atoms with van der Waals surface area (Å²) in [4.78, 5) is 18.2. The fourth-order valence-corrected chi connectivity index (χ4v) is 2.58. The predicted octanol–water partition coefficient (Wildman–Crippen LogP) is 3.95. The van der Waals surface area contributed by atoms with Gasteiger partial charge in [-0.1, -0.05) is 36.4 Å². The van der Waals surface area contributed by atoms with E-state index >= 15 is 0 Å². The van der Waals surface area contributed by atoms with Gasteiger partial charge in [0.2, 0.25) is 10.6 Å². The van der Waals surface area contributed by atoms with Crippen molar-refractivity contribution in [2.75, 3.05) is 4.90 Å². The number of para-hydroxylation sites is 2. The lowest BCUT2D eigenvalue weighted by atomic mass is 10.2. The minimum atomic E-state index is -0.203. The smallest absolute Gasteiger partial charge is 0.253 e. The van der Waals surface area contributed by atoms with E-state index in [1.54, 1.807) is 4.90 Å². The molecule has 1 aromatic heterocycles. The second-order valence-corrected chi connectivity index (χ2v) is 5.38. The Morgan fingerprint density at radius 3 is 1.91 bits per heavy atom. The molecule has 3 aromatic rings. The first kappa shape index (κ1) is 15.5. The molecule has 0 bridgehead atoms. The first-order chi connectivity index (χ1) is 11.1. The summed E-state index contributed by atoms with van der Waals surface area (Å²) in [6, 6.07) is 18.7. The molecule has 0 spiro atoms. The molecule has 0 radical (unpaired) electrons. The molecule has 0 saturated heterocycles. The molecule has 0 unspecified atom stereocenters. The lowest BCUT2D eigenvalue weighted by Gasteiger charge is -2.23. The highest BCUT2D eigenvalue weighted by Gasteiger charge is 2.20. The van der Waals surface area contributed by atoms with Gasteiger partial charge in [-0.2, -0.15) is 4.98 Å². The van der Waals surface area contributed by atoms with Gasteiger partial charge >= 0.3 is 0 Å². The first-order valence-corrected chi connectivity index (χ1v) is 7.59. The van der Waals surface area contributed by atoms with Crippen LogP contribution in [0.1, 0.15) is 0 Å². The third kappa shape index (κ3) is 3.52. The highest BCUT2D eigenvalue weighted by atomic mass is 35.5. The van der Waals surface area contributed by atoms with E-state index in [0.29, 0.717) is 0 Å². The van der Waals surface area contributed by atoms with Crippen LogP contribution in [0.5, 0.6) is 0 Å². The average molecular weight is 347 g/mol. The average Bonchev–Trinajstić information content (AvgIpc) is 2.87. The number of amides is 1. The summed E-state index contributed by atoms with van der Waals surface area (Å²) in [6.45, 7) is -0.0671. The normalized spacial score (nSPS) is 10.5. The van der Waals surface area contributed by atoms with Crippen molar-refractivity contribution in [1.29, 1.82) is 0 Å². The van der Waals surface area contributed by atoms with Gasteiger partial charge in [-0.15, -0.1) is 5.10 Å². The van der Waals surface area contributed by atoms with Crippen molar-refractivity contribution >= 4 is 40.5 Å². The quantitative estimate of drug-likeness (QED) is 0.718. The summed E-state index contributed by atoms with van der Waals surface area (Å²) < 4.78 is 1.27. The van der Waals surface area contributed by atoms with E-state index in [1.165, 1.54) is 4.68 Å². The summed E-state index contributed by atoms with van der Waals surface area (Å²) >= 11 is 11.6. The minimum absolute atomic E-state index is 0.00812. The molecule has 116 valence electrons. The highest BCUT2D eigenvalue weighted by Crippen LogP contribution is 2.25. The summed E-state index contributed by atoms with van der Waals surface area (Å²) in [5, 5.41) is 3.99.